The summed E-state index contributed by atoms with van der Waals surface area (Å²) in [5.41, 5.74) is 11.6. The second-order valence-electron chi connectivity index (χ2n) is 6.39. The summed E-state index contributed by atoms with van der Waals surface area (Å²) in [7, 11) is 0. The number of para-hydroxylation sites is 1. The predicted octanol–water partition coefficient (Wildman–Crippen LogP) is 3.24. The molecule has 146 valence electrons. The van der Waals surface area contributed by atoms with Gasteiger partial charge in [0, 0.05) is 25.4 Å². The highest BCUT2D eigenvalue weighted by Crippen LogP contribution is 2.13. The molecule has 0 atom stereocenters. The van der Waals surface area contributed by atoms with Crippen LogP contribution in [-0.4, -0.2) is 28.5 Å². The van der Waals surface area contributed by atoms with Crippen molar-refractivity contribution in [1.82, 2.24) is 9.55 Å². The molecule has 7 heteroatoms. The lowest BCUT2D eigenvalue weighted by molar-refractivity contribution is 0.141. The maximum atomic E-state index is 12.9. The Labute approximate surface area is 163 Å². The highest BCUT2D eigenvalue weighted by Gasteiger charge is 2.10. The zero-order valence-corrected chi connectivity index (χ0v) is 16.2. The van der Waals surface area contributed by atoms with Gasteiger partial charge >= 0.3 is 0 Å². The van der Waals surface area contributed by atoms with Gasteiger partial charge in [0.1, 0.15) is 0 Å². The zero-order chi connectivity index (χ0) is 19.9. The van der Waals surface area contributed by atoms with Crippen molar-refractivity contribution < 1.29 is 4.74 Å². The van der Waals surface area contributed by atoms with E-state index in [1.165, 1.54) is 0 Å². The fourth-order valence-electron chi connectivity index (χ4n) is 2.85. The van der Waals surface area contributed by atoms with Gasteiger partial charge in [0.15, 0.2) is 0 Å². The molecule has 3 aromatic rings. The molecule has 0 bridgehead atoms. The maximum Gasteiger partial charge on any atom is 0.262 e. The van der Waals surface area contributed by atoms with Crippen molar-refractivity contribution in [2.45, 2.75) is 26.8 Å². The lowest BCUT2D eigenvalue weighted by Crippen LogP contribution is -2.25. The first-order valence-corrected chi connectivity index (χ1v) is 9.33. The fraction of sp³-hybridized carbons (Fsp3) is 0.286. The summed E-state index contributed by atoms with van der Waals surface area (Å²) in [6, 6.07) is 14.8. The number of hydrogen-bond acceptors (Lipinski definition) is 6. The number of aromatic nitrogens is 2. The quantitative estimate of drug-likeness (QED) is 0.271. The van der Waals surface area contributed by atoms with Crippen LogP contribution in [0.15, 0.2) is 58.4 Å². The number of nitrogens with one attached hydrogen (secondary N) is 1. The van der Waals surface area contributed by atoms with Crippen molar-refractivity contribution in [3.8, 4) is 0 Å². The minimum absolute atomic E-state index is 0.0927. The SMILES string of the molecule is CCOCCCn1c(N/N=C(/C)c2ccc(N)cc2)nc2ccccc2c1=O. The number of hydrogen-bond donors (Lipinski definition) is 2. The Kier molecular flexibility index (Phi) is 6.39. The molecule has 0 aliphatic carbocycles. The number of nitrogens with two attached hydrogens (primary N) is 1. The van der Waals surface area contributed by atoms with Crippen LogP contribution in [0.3, 0.4) is 0 Å². The second-order valence-corrected chi connectivity index (χ2v) is 6.39. The lowest BCUT2D eigenvalue weighted by Gasteiger charge is -2.13. The minimum Gasteiger partial charge on any atom is -0.399 e. The number of rotatable bonds is 8. The van der Waals surface area contributed by atoms with Gasteiger partial charge in [-0.15, -0.1) is 0 Å². The molecular formula is C21H25N5O2. The van der Waals surface area contributed by atoms with Crippen LogP contribution >= 0.6 is 0 Å². The first-order chi connectivity index (χ1) is 13.6. The zero-order valence-electron chi connectivity index (χ0n) is 16.2. The fourth-order valence-corrected chi connectivity index (χ4v) is 2.85. The van der Waals surface area contributed by atoms with Gasteiger partial charge in [-0.3, -0.25) is 9.36 Å². The predicted molar refractivity (Wildman–Crippen MR) is 114 cm³/mol. The summed E-state index contributed by atoms with van der Waals surface area (Å²) in [6.07, 6.45) is 0.711. The highest BCUT2D eigenvalue weighted by molar-refractivity contribution is 5.99. The van der Waals surface area contributed by atoms with E-state index in [-0.39, 0.29) is 5.56 Å². The Bertz CT molecular complexity index is 1030. The van der Waals surface area contributed by atoms with Crippen LogP contribution in [0, 0.1) is 0 Å². The summed E-state index contributed by atoms with van der Waals surface area (Å²) in [5.74, 6) is 0.412. The Morgan fingerprint density at radius 3 is 2.71 bits per heavy atom. The third-order valence-electron chi connectivity index (χ3n) is 4.39. The monoisotopic (exact) mass is 379 g/mol. The van der Waals surface area contributed by atoms with Crippen molar-refractivity contribution >= 4 is 28.3 Å². The first-order valence-electron chi connectivity index (χ1n) is 9.33. The summed E-state index contributed by atoms with van der Waals surface area (Å²) in [4.78, 5) is 17.5. The third-order valence-corrected chi connectivity index (χ3v) is 4.39. The van der Waals surface area contributed by atoms with Crippen LogP contribution in [0.4, 0.5) is 11.6 Å². The van der Waals surface area contributed by atoms with E-state index in [2.05, 4.69) is 15.5 Å². The van der Waals surface area contributed by atoms with Crippen molar-refractivity contribution in [1.29, 1.82) is 0 Å². The Balaban J connectivity index is 1.92. The molecule has 0 aliphatic heterocycles. The van der Waals surface area contributed by atoms with Crippen molar-refractivity contribution in [2.24, 2.45) is 5.10 Å². The average Bonchev–Trinajstić information content (AvgIpc) is 2.71. The van der Waals surface area contributed by atoms with Crippen LogP contribution in [0.5, 0.6) is 0 Å². The average molecular weight is 379 g/mol. The van der Waals surface area contributed by atoms with Crippen LogP contribution < -0.4 is 16.7 Å². The molecule has 0 fully saturated rings. The third kappa shape index (κ3) is 4.55. The van der Waals surface area contributed by atoms with Crippen molar-refractivity contribution in [3.05, 3.63) is 64.4 Å². The number of anilines is 2. The summed E-state index contributed by atoms with van der Waals surface area (Å²) < 4.78 is 7.01. The molecule has 1 heterocycles. The van der Waals surface area contributed by atoms with Gasteiger partial charge in [0.05, 0.1) is 16.6 Å². The molecule has 28 heavy (non-hydrogen) atoms. The first kappa shape index (κ1) is 19.6. The van der Waals surface area contributed by atoms with Gasteiger partial charge in [0.2, 0.25) is 5.95 Å². The summed E-state index contributed by atoms with van der Waals surface area (Å²) in [6.45, 7) is 5.57. The van der Waals surface area contributed by atoms with Crippen LogP contribution in [0.25, 0.3) is 10.9 Å². The van der Waals surface area contributed by atoms with Crippen molar-refractivity contribution in [3.63, 3.8) is 0 Å². The molecule has 0 aliphatic rings. The smallest absolute Gasteiger partial charge is 0.262 e. The molecule has 0 unspecified atom stereocenters. The summed E-state index contributed by atoms with van der Waals surface area (Å²) in [5, 5.41) is 5.01. The lowest BCUT2D eigenvalue weighted by atomic mass is 10.1. The van der Waals surface area contributed by atoms with E-state index in [0.29, 0.717) is 48.7 Å². The number of benzene rings is 2. The second kappa shape index (κ2) is 9.14. The van der Waals surface area contributed by atoms with E-state index in [1.54, 1.807) is 10.6 Å². The van der Waals surface area contributed by atoms with E-state index in [9.17, 15) is 4.79 Å². The Hall–Kier alpha value is -3.19. The number of ether oxygens (including phenoxy) is 1. The molecule has 0 radical (unpaired) electrons. The summed E-state index contributed by atoms with van der Waals surface area (Å²) >= 11 is 0. The molecule has 1 aromatic heterocycles. The van der Waals surface area contributed by atoms with Gasteiger partial charge in [-0.1, -0.05) is 24.3 Å². The molecule has 7 nitrogen and oxygen atoms in total. The van der Waals surface area contributed by atoms with Crippen LogP contribution in [-0.2, 0) is 11.3 Å². The largest absolute Gasteiger partial charge is 0.399 e. The maximum absolute atomic E-state index is 12.9. The molecule has 0 saturated heterocycles. The molecule has 2 aromatic carbocycles. The van der Waals surface area contributed by atoms with Gasteiger partial charge in [-0.25, -0.2) is 10.4 Å². The molecular weight excluding hydrogens is 354 g/mol. The number of nitrogens with zero attached hydrogens (tertiary/aromatic N) is 3. The van der Waals surface area contributed by atoms with Crippen LogP contribution in [0.1, 0.15) is 25.8 Å². The van der Waals surface area contributed by atoms with Gasteiger partial charge in [-0.05, 0) is 50.1 Å². The van der Waals surface area contributed by atoms with Gasteiger partial charge < -0.3 is 10.5 Å². The van der Waals surface area contributed by atoms with Gasteiger partial charge in [0.25, 0.3) is 5.56 Å². The van der Waals surface area contributed by atoms with E-state index in [0.717, 1.165) is 11.3 Å². The Morgan fingerprint density at radius 2 is 1.96 bits per heavy atom. The standard InChI is InChI=1S/C21H25N5O2/c1-3-28-14-6-13-26-20(27)18-7-4-5-8-19(18)23-21(26)25-24-15(2)16-9-11-17(22)12-10-16/h4-5,7-12H,3,6,13-14,22H2,1-2H3,(H,23,25)/b24-15-. The molecule has 0 spiro atoms. The molecule has 0 saturated carbocycles. The number of fused-ring (bicyclic) bond motifs is 1. The van der Waals surface area contributed by atoms with E-state index < -0.39 is 0 Å². The van der Waals surface area contributed by atoms with E-state index in [1.807, 2.05) is 56.3 Å². The minimum atomic E-state index is -0.0927. The van der Waals surface area contributed by atoms with Crippen LogP contribution in [0.2, 0.25) is 0 Å². The Morgan fingerprint density at radius 1 is 1.21 bits per heavy atom. The molecule has 3 rings (SSSR count). The highest BCUT2D eigenvalue weighted by atomic mass is 16.5. The van der Waals surface area contributed by atoms with Crippen molar-refractivity contribution in [2.75, 3.05) is 24.4 Å². The number of hydrazone groups is 1. The topological polar surface area (TPSA) is 94.5 Å². The normalized spacial score (nSPS) is 11.7. The molecule has 3 N–H and O–H groups in total. The molecule has 0 amide bonds. The number of nitrogen functional groups attached to an aromatic ring is 1. The van der Waals surface area contributed by atoms with Gasteiger partial charge in [-0.2, -0.15) is 5.10 Å². The van der Waals surface area contributed by atoms with E-state index in [4.69, 9.17) is 10.5 Å². The van der Waals surface area contributed by atoms with E-state index >= 15 is 0 Å².